The highest BCUT2D eigenvalue weighted by molar-refractivity contribution is 6.36. The van der Waals surface area contributed by atoms with Crippen LogP contribution in [0.3, 0.4) is 0 Å². The number of primary amides is 1. The van der Waals surface area contributed by atoms with Gasteiger partial charge >= 0.3 is 0 Å². The van der Waals surface area contributed by atoms with Gasteiger partial charge < -0.3 is 15.9 Å². The minimum absolute atomic E-state index is 0.0458. The molecule has 0 fully saturated rings. The van der Waals surface area contributed by atoms with E-state index in [9.17, 15) is 15.0 Å². The highest BCUT2D eigenvalue weighted by Gasteiger charge is 2.20. The maximum Gasteiger partial charge on any atom is 0.249 e. The number of benzene rings is 5. The van der Waals surface area contributed by atoms with Gasteiger partial charge in [0.1, 0.15) is 11.5 Å². The maximum atomic E-state index is 12.3. The number of carbonyl (C=O) groups is 1. The Morgan fingerprint density at radius 2 is 1.22 bits per heavy atom. The van der Waals surface area contributed by atoms with Crippen molar-refractivity contribution >= 4 is 49.0 Å². The quantitative estimate of drug-likeness (QED) is 0.378. The average molecular weight is 353 g/mol. The van der Waals surface area contributed by atoms with Gasteiger partial charge in [-0.3, -0.25) is 4.79 Å². The molecule has 0 aliphatic heterocycles. The zero-order valence-electron chi connectivity index (χ0n) is 14.2. The standard InChI is InChI=1S/C23H15NO3/c24-23(27)16-11-12-5-1-2-6-13(12)19-14-7-3-9-17(25)21(14)22-15(20(16)19)8-4-10-18(22)26/h1-11,25-26H,(H2,24,27). The molecule has 4 N–H and O–H groups in total. The zero-order chi connectivity index (χ0) is 18.7. The highest BCUT2D eigenvalue weighted by atomic mass is 16.3. The molecule has 5 rings (SSSR count). The van der Waals surface area contributed by atoms with Gasteiger partial charge in [0.05, 0.1) is 0 Å². The fourth-order valence-electron chi connectivity index (χ4n) is 4.12. The molecular formula is C23H15NO3. The molecule has 0 aliphatic carbocycles. The van der Waals surface area contributed by atoms with Crippen molar-refractivity contribution < 1.29 is 15.0 Å². The van der Waals surface area contributed by atoms with Gasteiger partial charge in [0.15, 0.2) is 0 Å². The van der Waals surface area contributed by atoms with Gasteiger partial charge in [-0.15, -0.1) is 0 Å². The number of aromatic hydroxyl groups is 2. The monoisotopic (exact) mass is 353 g/mol. The van der Waals surface area contributed by atoms with Crippen molar-refractivity contribution in [2.45, 2.75) is 0 Å². The van der Waals surface area contributed by atoms with E-state index in [1.54, 1.807) is 30.3 Å². The van der Waals surface area contributed by atoms with Crippen LogP contribution in [0.4, 0.5) is 0 Å². The summed E-state index contributed by atoms with van der Waals surface area (Å²) in [4.78, 5) is 12.3. The van der Waals surface area contributed by atoms with Crippen molar-refractivity contribution in [1.29, 1.82) is 0 Å². The Morgan fingerprint density at radius 3 is 1.85 bits per heavy atom. The molecule has 0 bridgehead atoms. The summed E-state index contributed by atoms with van der Waals surface area (Å²) in [6.45, 7) is 0. The number of nitrogens with two attached hydrogens (primary N) is 1. The summed E-state index contributed by atoms with van der Waals surface area (Å²) in [5.74, 6) is -0.408. The number of hydrogen-bond donors (Lipinski definition) is 3. The molecule has 0 heterocycles. The molecule has 5 aromatic rings. The lowest BCUT2D eigenvalue weighted by molar-refractivity contribution is 0.100. The first-order valence-electron chi connectivity index (χ1n) is 8.58. The summed E-state index contributed by atoms with van der Waals surface area (Å²) in [6, 6.07) is 19.9. The number of amides is 1. The van der Waals surface area contributed by atoms with Crippen LogP contribution in [0.5, 0.6) is 11.5 Å². The topological polar surface area (TPSA) is 83.6 Å². The number of hydrogen-bond acceptors (Lipinski definition) is 3. The van der Waals surface area contributed by atoms with Crippen LogP contribution in [0, 0.1) is 0 Å². The summed E-state index contributed by atoms with van der Waals surface area (Å²) < 4.78 is 0. The maximum absolute atomic E-state index is 12.3. The van der Waals surface area contributed by atoms with Crippen LogP contribution in [0.15, 0.2) is 66.7 Å². The minimum Gasteiger partial charge on any atom is -0.507 e. The zero-order valence-corrected chi connectivity index (χ0v) is 14.2. The van der Waals surface area contributed by atoms with Crippen molar-refractivity contribution in [3.05, 3.63) is 72.3 Å². The number of phenolic OH excluding ortho intramolecular Hbond substituents is 2. The molecule has 0 saturated heterocycles. The average Bonchev–Trinajstić information content (AvgIpc) is 2.67. The predicted molar refractivity (Wildman–Crippen MR) is 108 cm³/mol. The lowest BCUT2D eigenvalue weighted by Crippen LogP contribution is -2.11. The van der Waals surface area contributed by atoms with Crippen LogP contribution in [-0.2, 0) is 0 Å². The Bertz CT molecular complexity index is 1420. The Balaban J connectivity index is 2.29. The first kappa shape index (κ1) is 15.5. The van der Waals surface area contributed by atoms with Gasteiger partial charge in [0.25, 0.3) is 0 Å². The third-order valence-corrected chi connectivity index (χ3v) is 5.19. The number of fused-ring (bicyclic) bond motifs is 8. The van der Waals surface area contributed by atoms with Crippen LogP contribution < -0.4 is 5.73 Å². The smallest absolute Gasteiger partial charge is 0.249 e. The molecule has 0 aromatic heterocycles. The second-order valence-corrected chi connectivity index (χ2v) is 6.66. The van der Waals surface area contributed by atoms with E-state index in [0.717, 1.165) is 21.5 Å². The molecular weight excluding hydrogens is 338 g/mol. The van der Waals surface area contributed by atoms with Gasteiger partial charge in [0.2, 0.25) is 5.91 Å². The molecule has 27 heavy (non-hydrogen) atoms. The van der Waals surface area contributed by atoms with Gasteiger partial charge in [-0.2, -0.15) is 0 Å². The van der Waals surface area contributed by atoms with Crippen LogP contribution in [-0.4, -0.2) is 16.1 Å². The molecule has 1 amide bonds. The number of carbonyl (C=O) groups excluding carboxylic acids is 1. The molecule has 0 atom stereocenters. The van der Waals surface area contributed by atoms with E-state index in [4.69, 9.17) is 5.73 Å². The lowest BCUT2D eigenvalue weighted by Gasteiger charge is -2.16. The molecule has 0 radical (unpaired) electrons. The summed E-state index contributed by atoms with van der Waals surface area (Å²) in [6.07, 6.45) is 0. The molecule has 4 nitrogen and oxygen atoms in total. The minimum atomic E-state index is -0.533. The van der Waals surface area contributed by atoms with Crippen molar-refractivity contribution in [3.63, 3.8) is 0 Å². The summed E-state index contributed by atoms with van der Waals surface area (Å²) in [5, 5.41) is 27.1. The van der Waals surface area contributed by atoms with Crippen LogP contribution in [0.25, 0.3) is 43.1 Å². The van der Waals surface area contributed by atoms with Gasteiger partial charge in [-0.1, -0.05) is 48.5 Å². The third-order valence-electron chi connectivity index (χ3n) is 5.19. The fourth-order valence-corrected chi connectivity index (χ4v) is 4.12. The fraction of sp³-hybridized carbons (Fsp3) is 0. The molecule has 130 valence electrons. The predicted octanol–water partition coefficient (Wildman–Crippen LogP) is 4.81. The van der Waals surface area contributed by atoms with Crippen LogP contribution >= 0.6 is 0 Å². The summed E-state index contributed by atoms with van der Waals surface area (Å²) in [7, 11) is 0. The van der Waals surface area contributed by atoms with Crippen molar-refractivity contribution in [3.8, 4) is 11.5 Å². The largest absolute Gasteiger partial charge is 0.507 e. The van der Waals surface area contributed by atoms with E-state index in [0.29, 0.717) is 27.1 Å². The number of rotatable bonds is 1. The normalized spacial score (nSPS) is 11.6. The molecule has 5 aromatic carbocycles. The van der Waals surface area contributed by atoms with E-state index in [-0.39, 0.29) is 11.5 Å². The highest BCUT2D eigenvalue weighted by Crippen LogP contribution is 2.45. The van der Waals surface area contributed by atoms with E-state index >= 15 is 0 Å². The molecule has 0 unspecified atom stereocenters. The molecule has 0 spiro atoms. The first-order chi connectivity index (χ1) is 13.1. The van der Waals surface area contributed by atoms with Gasteiger partial charge in [-0.25, -0.2) is 0 Å². The van der Waals surface area contributed by atoms with Crippen molar-refractivity contribution in [2.24, 2.45) is 5.73 Å². The third kappa shape index (κ3) is 2.01. The van der Waals surface area contributed by atoms with Crippen molar-refractivity contribution in [1.82, 2.24) is 0 Å². The van der Waals surface area contributed by atoms with Crippen LogP contribution in [0.2, 0.25) is 0 Å². The second kappa shape index (κ2) is 5.35. The molecule has 4 heteroatoms. The Kier molecular flexibility index (Phi) is 3.06. The van der Waals surface area contributed by atoms with Crippen molar-refractivity contribution in [2.75, 3.05) is 0 Å². The number of phenols is 2. The Hall–Kier alpha value is -3.79. The summed E-state index contributed by atoms with van der Waals surface area (Å²) >= 11 is 0. The molecule has 0 aliphatic rings. The second-order valence-electron chi connectivity index (χ2n) is 6.66. The lowest BCUT2D eigenvalue weighted by atomic mass is 9.87. The first-order valence-corrected chi connectivity index (χ1v) is 8.58. The van der Waals surface area contributed by atoms with E-state index in [2.05, 4.69) is 0 Å². The Morgan fingerprint density at radius 1 is 0.667 bits per heavy atom. The van der Waals surface area contributed by atoms with Gasteiger partial charge in [-0.05, 0) is 45.1 Å². The molecule has 0 saturated carbocycles. The van der Waals surface area contributed by atoms with E-state index < -0.39 is 5.91 Å². The van der Waals surface area contributed by atoms with Crippen LogP contribution in [0.1, 0.15) is 10.4 Å². The van der Waals surface area contributed by atoms with E-state index in [1.165, 1.54) is 0 Å². The van der Waals surface area contributed by atoms with Gasteiger partial charge in [0, 0.05) is 21.7 Å². The summed E-state index contributed by atoms with van der Waals surface area (Å²) in [5.41, 5.74) is 6.12. The van der Waals surface area contributed by atoms with E-state index in [1.807, 2.05) is 36.4 Å². The SMILES string of the molecule is NC(=O)c1cc2ccccc2c2c3cccc(O)c3c3c(O)cccc3c12. The Labute approximate surface area is 154 Å².